The van der Waals surface area contributed by atoms with Crippen LogP contribution < -0.4 is 21.3 Å². The first-order valence-corrected chi connectivity index (χ1v) is 18.2. The van der Waals surface area contributed by atoms with Gasteiger partial charge in [-0.3, -0.25) is 38.7 Å². The first-order chi connectivity index (χ1) is 23.4. The molecule has 3 aliphatic carbocycles. The number of Topliss-reactive ketones (excluding diaryl/α,β-unsaturated/α-hetero) is 1. The number of nitrogens with zero attached hydrogens (tertiary/aromatic N) is 3. The van der Waals surface area contributed by atoms with E-state index in [0.717, 1.165) is 69.1 Å². The van der Waals surface area contributed by atoms with Gasteiger partial charge >= 0.3 is 0 Å². The second-order valence-electron chi connectivity index (χ2n) is 15.5. The highest BCUT2D eigenvalue weighted by Gasteiger charge is 2.50. The van der Waals surface area contributed by atoms with Gasteiger partial charge in [0.25, 0.3) is 17.7 Å². The number of imide groups is 1. The molecule has 1 saturated heterocycles. The average molecular weight is 680 g/mol. The van der Waals surface area contributed by atoms with Crippen molar-refractivity contribution < 1.29 is 28.8 Å². The summed E-state index contributed by atoms with van der Waals surface area (Å²) in [5.41, 5.74) is -0.845. The minimum Gasteiger partial charge on any atom is -0.347 e. The fraction of sp³-hybridized carbons (Fsp3) is 0.722. The molecule has 0 aromatic carbocycles. The van der Waals surface area contributed by atoms with Gasteiger partial charge in [-0.1, -0.05) is 59.8 Å². The zero-order valence-corrected chi connectivity index (χ0v) is 29.3. The quantitative estimate of drug-likeness (QED) is 0.228. The van der Waals surface area contributed by atoms with Crippen molar-refractivity contribution >= 4 is 35.3 Å². The molecule has 3 saturated carbocycles. The van der Waals surface area contributed by atoms with Gasteiger partial charge in [0, 0.05) is 18.4 Å². The van der Waals surface area contributed by atoms with Crippen molar-refractivity contribution in [3.05, 3.63) is 24.3 Å². The topological polar surface area (TPSA) is 180 Å². The highest BCUT2D eigenvalue weighted by molar-refractivity contribution is 6.39. The number of hydrogen-bond donors (Lipinski definition) is 4. The van der Waals surface area contributed by atoms with Crippen molar-refractivity contribution in [1.82, 2.24) is 36.1 Å². The minimum atomic E-state index is -1.32. The molecular weight excluding hydrogens is 626 g/mol. The summed E-state index contributed by atoms with van der Waals surface area (Å²) in [5.74, 6) is -3.85. The van der Waals surface area contributed by atoms with Crippen molar-refractivity contribution in [2.75, 3.05) is 6.54 Å². The van der Waals surface area contributed by atoms with Crippen LogP contribution in [-0.2, 0) is 24.0 Å². The van der Waals surface area contributed by atoms with Crippen LogP contribution in [0.4, 0.5) is 0 Å². The maximum atomic E-state index is 14.9. The molecule has 0 radical (unpaired) electrons. The zero-order chi connectivity index (χ0) is 35.3. The molecule has 6 atom stereocenters. The van der Waals surface area contributed by atoms with Crippen LogP contribution in [0.25, 0.3) is 0 Å². The molecule has 49 heavy (non-hydrogen) atoms. The Kier molecular flexibility index (Phi) is 11.8. The molecule has 5 rings (SSSR count). The lowest BCUT2D eigenvalue weighted by molar-refractivity contribution is -0.158. The van der Waals surface area contributed by atoms with E-state index in [1.807, 2.05) is 6.92 Å². The van der Waals surface area contributed by atoms with Crippen molar-refractivity contribution in [2.45, 2.75) is 135 Å². The molecule has 4 N–H and O–H groups in total. The van der Waals surface area contributed by atoms with Gasteiger partial charge in [-0.25, -0.2) is 4.98 Å². The van der Waals surface area contributed by atoms with E-state index in [4.69, 9.17) is 0 Å². The summed E-state index contributed by atoms with van der Waals surface area (Å²) in [6, 6.07) is -4.29. The Morgan fingerprint density at radius 3 is 2.31 bits per heavy atom. The molecule has 13 nitrogen and oxygen atoms in total. The van der Waals surface area contributed by atoms with Crippen LogP contribution in [0.15, 0.2) is 18.6 Å². The maximum absolute atomic E-state index is 14.9. The number of carbonyl (C=O) groups is 6. The van der Waals surface area contributed by atoms with E-state index < -0.39 is 64.9 Å². The van der Waals surface area contributed by atoms with E-state index in [9.17, 15) is 28.8 Å². The van der Waals surface area contributed by atoms with Crippen molar-refractivity contribution in [1.29, 1.82) is 0 Å². The summed E-state index contributed by atoms with van der Waals surface area (Å²) in [5, 5.41) is 11.8. The molecule has 13 heteroatoms. The first kappa shape index (κ1) is 36.5. The van der Waals surface area contributed by atoms with Gasteiger partial charge in [-0.15, -0.1) is 0 Å². The average Bonchev–Trinajstić information content (AvgIpc) is 3.62. The van der Waals surface area contributed by atoms with Gasteiger partial charge in [0.2, 0.25) is 17.6 Å². The van der Waals surface area contributed by atoms with Crippen molar-refractivity contribution in [2.24, 2.45) is 23.2 Å². The summed E-state index contributed by atoms with van der Waals surface area (Å²) in [4.78, 5) is 93.0. The summed E-state index contributed by atoms with van der Waals surface area (Å²) < 4.78 is 0. The van der Waals surface area contributed by atoms with Crippen molar-refractivity contribution in [3.63, 3.8) is 0 Å². The largest absolute Gasteiger partial charge is 0.347 e. The van der Waals surface area contributed by atoms with Crippen LogP contribution in [0, 0.1) is 23.2 Å². The number of fused-ring (bicyclic) bond motifs is 1. The Hall–Kier alpha value is -3.74. The van der Waals surface area contributed by atoms with E-state index in [2.05, 4.69) is 31.2 Å². The number of nitrogens with one attached hydrogen (secondary N) is 4. The molecule has 1 aromatic rings. The summed E-state index contributed by atoms with van der Waals surface area (Å²) in [6.07, 6.45) is 13.4. The third-order valence-corrected chi connectivity index (χ3v) is 10.7. The molecule has 5 amide bonds. The molecule has 0 spiro atoms. The molecule has 0 bridgehead atoms. The third kappa shape index (κ3) is 8.71. The highest BCUT2D eigenvalue weighted by Crippen LogP contribution is 2.39. The molecular formula is C36H53N7O6. The molecule has 4 aliphatic rings. The molecule has 1 aromatic heterocycles. The number of hydrogen-bond acceptors (Lipinski definition) is 9. The van der Waals surface area contributed by atoms with Gasteiger partial charge < -0.3 is 21.3 Å². The van der Waals surface area contributed by atoms with Gasteiger partial charge in [0.15, 0.2) is 0 Å². The van der Waals surface area contributed by atoms with Crippen LogP contribution >= 0.6 is 0 Å². The second kappa shape index (κ2) is 15.9. The van der Waals surface area contributed by atoms with Gasteiger partial charge in [-0.2, -0.15) is 0 Å². The van der Waals surface area contributed by atoms with E-state index >= 15 is 0 Å². The Balaban J connectivity index is 1.47. The number of rotatable bonds is 13. The van der Waals surface area contributed by atoms with Crippen LogP contribution in [0.3, 0.4) is 0 Å². The second-order valence-corrected chi connectivity index (χ2v) is 15.5. The van der Waals surface area contributed by atoms with E-state index in [1.54, 1.807) is 20.8 Å². The van der Waals surface area contributed by atoms with E-state index in [1.165, 1.54) is 18.6 Å². The van der Waals surface area contributed by atoms with Gasteiger partial charge in [-0.05, 0) is 74.7 Å². The van der Waals surface area contributed by atoms with Gasteiger partial charge in [0.1, 0.15) is 23.8 Å². The molecule has 4 fully saturated rings. The Morgan fingerprint density at radius 2 is 1.67 bits per heavy atom. The highest BCUT2D eigenvalue weighted by atomic mass is 16.2. The van der Waals surface area contributed by atoms with E-state index in [0.29, 0.717) is 18.9 Å². The normalized spacial score (nSPS) is 24.2. The number of ketones is 1. The summed E-state index contributed by atoms with van der Waals surface area (Å²) in [7, 11) is 0. The SMILES string of the molecule is CCC[C@H](C(=O)C(=O)NC1CC1)N(C(=O)[C@H]1NC[C@@H]2CCC[C@@H]21)C(=O)[C@@H](NC(=O)[C@@H](NC(=O)c1cnccn1)C1CCCCC1)C(C)(C)C. The maximum Gasteiger partial charge on any atom is 0.289 e. The smallest absolute Gasteiger partial charge is 0.289 e. The minimum absolute atomic E-state index is 0.0233. The monoisotopic (exact) mass is 679 g/mol. The lowest BCUT2D eigenvalue weighted by Crippen LogP contribution is -2.65. The molecule has 268 valence electrons. The van der Waals surface area contributed by atoms with Gasteiger partial charge in [0.05, 0.1) is 12.2 Å². The summed E-state index contributed by atoms with van der Waals surface area (Å²) in [6.45, 7) is 7.83. The number of amides is 5. The molecule has 0 unspecified atom stereocenters. The Labute approximate surface area is 288 Å². The Bertz CT molecular complexity index is 1390. The predicted octanol–water partition coefficient (Wildman–Crippen LogP) is 2.45. The van der Waals surface area contributed by atoms with Crippen LogP contribution in [-0.4, -0.2) is 86.9 Å². The number of carbonyl (C=O) groups excluding carboxylic acids is 6. The Morgan fingerprint density at radius 1 is 0.939 bits per heavy atom. The lowest BCUT2D eigenvalue weighted by atomic mass is 9.81. The summed E-state index contributed by atoms with van der Waals surface area (Å²) >= 11 is 0. The molecule has 1 aliphatic heterocycles. The standard InChI is InChI=1S/C36H53N7O6/c1-5-10-26(29(44)33(47)40-23-15-16-23)43(34(48)28-24-14-9-13-22(24)19-39-28)35(49)30(36(2,3)4)42-32(46)27(21-11-7-6-8-12-21)41-31(45)25-20-37-17-18-38-25/h17-18,20-24,26-28,30,39H,5-16,19H2,1-4H3,(H,40,47)(H,41,45)(H,42,46)/t22-,24-,26+,27-,28-,30+/m0/s1. The van der Waals surface area contributed by atoms with Crippen LogP contribution in [0.1, 0.15) is 115 Å². The lowest BCUT2D eigenvalue weighted by Gasteiger charge is -2.39. The molecule has 2 heterocycles. The fourth-order valence-corrected chi connectivity index (χ4v) is 7.83. The van der Waals surface area contributed by atoms with E-state index in [-0.39, 0.29) is 30.0 Å². The van der Waals surface area contributed by atoms with Crippen molar-refractivity contribution in [3.8, 4) is 0 Å². The third-order valence-electron chi connectivity index (χ3n) is 10.7. The fourth-order valence-electron chi connectivity index (χ4n) is 7.83. The number of aromatic nitrogens is 2. The van der Waals surface area contributed by atoms with Crippen LogP contribution in [0.2, 0.25) is 0 Å². The predicted molar refractivity (Wildman–Crippen MR) is 181 cm³/mol. The zero-order valence-electron chi connectivity index (χ0n) is 29.3. The van der Waals surface area contributed by atoms with Crippen LogP contribution in [0.5, 0.6) is 0 Å². The first-order valence-electron chi connectivity index (χ1n) is 18.2.